The summed E-state index contributed by atoms with van der Waals surface area (Å²) in [4.78, 5) is 4.37. The summed E-state index contributed by atoms with van der Waals surface area (Å²) in [6, 6.07) is 0. The summed E-state index contributed by atoms with van der Waals surface area (Å²) in [7, 11) is 0. The summed E-state index contributed by atoms with van der Waals surface area (Å²) < 4.78 is 0. The molecular weight excluding hydrogens is 507 g/mol. The molecule has 0 fully saturated rings. The Morgan fingerprint density at radius 1 is 0.571 bits per heavy atom. The van der Waals surface area contributed by atoms with E-state index in [0.29, 0.717) is 0 Å². The third-order valence-electron chi connectivity index (χ3n) is 6.61. The molecule has 0 aromatic heterocycles. The van der Waals surface area contributed by atoms with Crippen LogP contribution in [0.2, 0.25) is 0 Å². The fraction of sp³-hybridized carbons (Fsp3) is 0.0256. The summed E-state index contributed by atoms with van der Waals surface area (Å²) >= 11 is 0. The zero-order valence-corrected chi connectivity index (χ0v) is 24.9. The molecule has 2 aliphatic rings. The summed E-state index contributed by atoms with van der Waals surface area (Å²) in [5.41, 5.74) is 8.79. The first-order valence-electron chi connectivity index (χ1n) is 13.6. The molecular formula is C39H41BN2. The van der Waals surface area contributed by atoms with Crippen molar-refractivity contribution in [2.75, 3.05) is 0 Å². The van der Waals surface area contributed by atoms with Crippen LogP contribution < -0.4 is 0 Å². The van der Waals surface area contributed by atoms with Gasteiger partial charge in [-0.05, 0) is 65.9 Å². The second-order valence-electron chi connectivity index (χ2n) is 9.01. The van der Waals surface area contributed by atoms with Crippen LogP contribution in [-0.4, -0.2) is 16.5 Å². The number of nitrogens with zero attached hydrogens (tertiary/aromatic N) is 2. The van der Waals surface area contributed by atoms with Crippen LogP contribution in [0.4, 0.5) is 0 Å². The summed E-state index contributed by atoms with van der Waals surface area (Å²) in [5.74, 6) is 0. The van der Waals surface area contributed by atoms with Gasteiger partial charge in [0.05, 0.1) is 0 Å². The van der Waals surface area contributed by atoms with Crippen LogP contribution in [-0.2, 0) is 0 Å². The average molecular weight is 549 g/mol. The molecule has 2 heterocycles. The molecule has 0 amide bonds. The molecule has 0 saturated heterocycles. The predicted octanol–water partition coefficient (Wildman–Crippen LogP) is 10.1. The summed E-state index contributed by atoms with van der Waals surface area (Å²) in [6.45, 7) is 38.1. The molecule has 0 spiro atoms. The highest BCUT2D eigenvalue weighted by atomic mass is 15.2. The normalized spacial score (nSPS) is 17.5. The Morgan fingerprint density at radius 3 is 1.43 bits per heavy atom. The van der Waals surface area contributed by atoms with Crippen molar-refractivity contribution in [1.82, 2.24) is 9.80 Å². The van der Waals surface area contributed by atoms with E-state index in [2.05, 4.69) is 88.1 Å². The summed E-state index contributed by atoms with van der Waals surface area (Å²) in [6.07, 6.45) is 38.1. The lowest BCUT2D eigenvalue weighted by molar-refractivity contribution is 0.526. The largest absolute Gasteiger partial charge is 0.315 e. The maximum absolute atomic E-state index is 4.25. The minimum absolute atomic E-state index is 0.168. The van der Waals surface area contributed by atoms with Gasteiger partial charge in [-0.3, -0.25) is 0 Å². The van der Waals surface area contributed by atoms with Crippen LogP contribution in [0.1, 0.15) is 6.92 Å². The highest BCUT2D eigenvalue weighted by Gasteiger charge is 2.44. The quantitative estimate of drug-likeness (QED) is 0.148. The highest BCUT2D eigenvalue weighted by Crippen LogP contribution is 2.47. The summed E-state index contributed by atoms with van der Waals surface area (Å²) in [5, 5.41) is 0. The number of allylic oxidation sites excluding steroid dienone is 24. The van der Waals surface area contributed by atoms with E-state index in [1.54, 1.807) is 36.5 Å². The Morgan fingerprint density at radius 2 is 1.02 bits per heavy atom. The molecule has 0 aromatic carbocycles. The number of fused-ring (bicyclic) bond motifs is 1. The van der Waals surface area contributed by atoms with E-state index in [1.807, 2.05) is 72.9 Å². The van der Waals surface area contributed by atoms with Crippen molar-refractivity contribution < 1.29 is 0 Å². The van der Waals surface area contributed by atoms with E-state index in [1.165, 1.54) is 0 Å². The topological polar surface area (TPSA) is 6.48 Å². The standard InChI is InChI=1S/C39H41BN2/c1-11-20-27-32(24-15-5)41-31(10)39-38(26-17-7)42(33(25-16-6)28-21-12-2)37(19-9)35(30-23-14-4)40(39)34(29-22-13-3)36(41)18-8/h11-30H,1-9H2,10H3/b27-20-,28-21-,29-22-,30-23-,32-24+,33-25+,38-26+. The third kappa shape index (κ3) is 6.89. The molecule has 2 rings (SSSR count). The van der Waals surface area contributed by atoms with E-state index in [9.17, 15) is 0 Å². The van der Waals surface area contributed by atoms with Crippen LogP contribution in [0.3, 0.4) is 0 Å². The van der Waals surface area contributed by atoms with E-state index in [0.717, 1.165) is 50.6 Å². The molecule has 0 atom stereocenters. The van der Waals surface area contributed by atoms with Gasteiger partial charge < -0.3 is 9.80 Å². The molecule has 210 valence electrons. The Bertz CT molecular complexity index is 1480. The molecule has 2 nitrogen and oxygen atoms in total. The first kappa shape index (κ1) is 32.9. The number of hydrogen-bond acceptors (Lipinski definition) is 2. The molecule has 0 aromatic rings. The highest BCUT2D eigenvalue weighted by molar-refractivity contribution is 6.83. The van der Waals surface area contributed by atoms with Gasteiger partial charge in [0.1, 0.15) is 0 Å². The molecule has 0 N–H and O–H groups in total. The zero-order valence-electron chi connectivity index (χ0n) is 24.9. The zero-order chi connectivity index (χ0) is 31.1. The lowest BCUT2D eigenvalue weighted by Crippen LogP contribution is -2.44. The fourth-order valence-electron chi connectivity index (χ4n) is 5.12. The van der Waals surface area contributed by atoms with Gasteiger partial charge in [0.2, 0.25) is 0 Å². The van der Waals surface area contributed by atoms with Gasteiger partial charge in [-0.2, -0.15) is 0 Å². The molecule has 3 heteroatoms. The van der Waals surface area contributed by atoms with Crippen molar-refractivity contribution in [3.63, 3.8) is 0 Å². The lowest BCUT2D eigenvalue weighted by Gasteiger charge is -2.46. The second-order valence-corrected chi connectivity index (χ2v) is 9.01. The van der Waals surface area contributed by atoms with Crippen molar-refractivity contribution in [2.45, 2.75) is 6.92 Å². The van der Waals surface area contributed by atoms with E-state index < -0.39 is 0 Å². The van der Waals surface area contributed by atoms with Gasteiger partial charge in [0.25, 0.3) is 6.71 Å². The molecule has 0 radical (unpaired) electrons. The van der Waals surface area contributed by atoms with Gasteiger partial charge in [0.15, 0.2) is 0 Å². The van der Waals surface area contributed by atoms with Gasteiger partial charge >= 0.3 is 0 Å². The van der Waals surface area contributed by atoms with Gasteiger partial charge in [0, 0.05) is 34.2 Å². The molecule has 0 bridgehead atoms. The van der Waals surface area contributed by atoms with Crippen LogP contribution in [0.25, 0.3) is 0 Å². The predicted molar refractivity (Wildman–Crippen MR) is 189 cm³/mol. The Balaban J connectivity index is 3.34. The van der Waals surface area contributed by atoms with Crippen LogP contribution in [0, 0.1) is 0 Å². The molecule has 0 unspecified atom stereocenters. The van der Waals surface area contributed by atoms with Gasteiger partial charge in [-0.25, -0.2) is 0 Å². The van der Waals surface area contributed by atoms with E-state index >= 15 is 0 Å². The monoisotopic (exact) mass is 548 g/mol. The Labute approximate surface area is 254 Å². The van der Waals surface area contributed by atoms with Crippen molar-refractivity contribution in [1.29, 1.82) is 0 Å². The first-order chi connectivity index (χ1) is 20.4. The van der Waals surface area contributed by atoms with E-state index in [-0.39, 0.29) is 6.71 Å². The fourth-order valence-corrected chi connectivity index (χ4v) is 5.12. The molecule has 0 saturated carbocycles. The van der Waals surface area contributed by atoms with Crippen molar-refractivity contribution in [2.24, 2.45) is 0 Å². The second kappa shape index (κ2) is 16.7. The molecule has 0 aliphatic carbocycles. The lowest BCUT2D eigenvalue weighted by atomic mass is 9.31. The maximum atomic E-state index is 4.25. The van der Waals surface area contributed by atoms with Crippen LogP contribution in [0.5, 0.6) is 0 Å². The smallest absolute Gasteiger partial charge is 0.251 e. The number of rotatable bonds is 15. The first-order valence-corrected chi connectivity index (χ1v) is 13.6. The minimum Gasteiger partial charge on any atom is -0.315 e. The van der Waals surface area contributed by atoms with Crippen LogP contribution in [0.15, 0.2) is 231 Å². The average Bonchev–Trinajstić information content (AvgIpc) is 2.99. The van der Waals surface area contributed by atoms with Crippen molar-refractivity contribution in [3.05, 3.63) is 231 Å². The SMILES string of the molecule is C=C/C=C\C1=C(C=C)N(C(/C=C\C=C)=C/C=C)C(C)=C2B1C(/C=C\C=C)=C(C=C)N(C(/C=C\C=C)=C/C=C)/C2=C/C=C. The van der Waals surface area contributed by atoms with Crippen LogP contribution >= 0.6 is 0 Å². The Hall–Kier alpha value is -5.28. The van der Waals surface area contributed by atoms with Crippen molar-refractivity contribution in [3.8, 4) is 0 Å². The maximum Gasteiger partial charge on any atom is 0.251 e. The van der Waals surface area contributed by atoms with E-state index in [4.69, 9.17) is 0 Å². The van der Waals surface area contributed by atoms with Gasteiger partial charge in [-0.1, -0.05) is 138 Å². The Kier molecular flexibility index (Phi) is 13.1. The van der Waals surface area contributed by atoms with Crippen molar-refractivity contribution >= 4 is 6.71 Å². The molecule has 42 heavy (non-hydrogen) atoms. The number of hydrogen-bond donors (Lipinski definition) is 0. The van der Waals surface area contributed by atoms with Gasteiger partial charge in [-0.15, -0.1) is 0 Å². The molecule has 2 aliphatic heterocycles. The third-order valence-corrected chi connectivity index (χ3v) is 6.61. The minimum atomic E-state index is -0.168.